The van der Waals surface area contributed by atoms with Crippen molar-refractivity contribution in [3.63, 3.8) is 0 Å². The summed E-state index contributed by atoms with van der Waals surface area (Å²) in [7, 11) is 3.44. The Labute approximate surface area is 154 Å². The van der Waals surface area contributed by atoms with Crippen LogP contribution in [0.15, 0.2) is 29.3 Å². The van der Waals surface area contributed by atoms with Crippen molar-refractivity contribution in [2.24, 2.45) is 4.99 Å². The molecule has 2 N–H and O–H groups in total. The van der Waals surface area contributed by atoms with Gasteiger partial charge >= 0.3 is 0 Å². The Morgan fingerprint density at radius 1 is 1.23 bits per heavy atom. The maximum atomic E-state index is 11.5. The van der Waals surface area contributed by atoms with Crippen LogP contribution in [0, 0.1) is 0 Å². The van der Waals surface area contributed by atoms with E-state index in [1.165, 1.54) is 10.5 Å². The summed E-state index contributed by atoms with van der Waals surface area (Å²) in [4.78, 5) is 17.3. The minimum atomic E-state index is -0.0232. The summed E-state index contributed by atoms with van der Waals surface area (Å²) in [6.07, 6.45) is 0.864. The van der Waals surface area contributed by atoms with E-state index in [9.17, 15) is 4.79 Å². The van der Waals surface area contributed by atoms with Gasteiger partial charge in [-0.1, -0.05) is 23.7 Å². The number of guanidine groups is 1. The van der Waals surface area contributed by atoms with Crippen LogP contribution in [-0.2, 0) is 11.2 Å². The molecule has 1 amide bonds. The number of carbonyl (C=O) groups is 1. The van der Waals surface area contributed by atoms with E-state index in [4.69, 9.17) is 11.6 Å². The van der Waals surface area contributed by atoms with Gasteiger partial charge in [0.25, 0.3) is 0 Å². The maximum Gasteiger partial charge on any atom is 0.243 e. The number of nitrogens with zero attached hydrogens (tertiary/aromatic N) is 2. The molecule has 1 aromatic carbocycles. The summed E-state index contributed by atoms with van der Waals surface area (Å²) >= 11 is 5.85. The number of benzene rings is 1. The molecule has 1 rings (SSSR count). The second-order valence-corrected chi connectivity index (χ2v) is 5.22. The first kappa shape index (κ1) is 21.0. The molecule has 5 nitrogen and oxygen atoms in total. The van der Waals surface area contributed by atoms with Crippen LogP contribution in [0.25, 0.3) is 0 Å². The van der Waals surface area contributed by atoms with Gasteiger partial charge in [-0.25, -0.2) is 4.99 Å². The van der Waals surface area contributed by atoms with E-state index in [0.717, 1.165) is 24.5 Å². The Kier molecular flexibility index (Phi) is 11.0. The largest absolute Gasteiger partial charge is 0.357 e. The monoisotopic (exact) mass is 438 g/mol. The quantitative estimate of drug-likeness (QED) is 0.406. The zero-order chi connectivity index (χ0) is 15.7. The van der Waals surface area contributed by atoms with Crippen molar-refractivity contribution in [1.29, 1.82) is 0 Å². The Morgan fingerprint density at radius 3 is 2.41 bits per heavy atom. The van der Waals surface area contributed by atoms with Crippen molar-refractivity contribution in [3.05, 3.63) is 34.9 Å². The molecule has 0 radical (unpaired) electrons. The number of hydrogen-bond donors (Lipinski definition) is 2. The van der Waals surface area contributed by atoms with Gasteiger partial charge in [0.2, 0.25) is 5.91 Å². The molecule has 0 bridgehead atoms. The van der Waals surface area contributed by atoms with Gasteiger partial charge in [-0.3, -0.25) is 4.79 Å². The van der Waals surface area contributed by atoms with E-state index >= 15 is 0 Å². The van der Waals surface area contributed by atoms with Crippen LogP contribution in [0.3, 0.4) is 0 Å². The first-order valence-electron chi connectivity index (χ1n) is 6.99. The van der Waals surface area contributed by atoms with E-state index in [1.54, 1.807) is 14.1 Å². The van der Waals surface area contributed by atoms with Gasteiger partial charge in [0.15, 0.2) is 5.96 Å². The van der Waals surface area contributed by atoms with E-state index in [2.05, 4.69) is 15.6 Å². The number of amides is 1. The Morgan fingerprint density at radius 2 is 1.86 bits per heavy atom. The first-order chi connectivity index (χ1) is 10.0. The molecule has 0 fully saturated rings. The third kappa shape index (κ3) is 8.43. The zero-order valence-electron chi connectivity index (χ0n) is 13.2. The number of rotatable bonds is 6. The third-order valence-corrected chi connectivity index (χ3v) is 3.09. The minimum Gasteiger partial charge on any atom is -0.357 e. The van der Waals surface area contributed by atoms with Crippen LogP contribution < -0.4 is 10.6 Å². The normalized spacial score (nSPS) is 10.6. The van der Waals surface area contributed by atoms with Crippen LogP contribution in [0.1, 0.15) is 12.5 Å². The summed E-state index contributed by atoms with van der Waals surface area (Å²) in [5, 5.41) is 7.07. The number of hydrogen-bond acceptors (Lipinski definition) is 2. The molecule has 0 saturated carbocycles. The Hall–Kier alpha value is -1.02. The fraction of sp³-hybridized carbons (Fsp3) is 0.467. The smallest absolute Gasteiger partial charge is 0.243 e. The first-order valence-corrected chi connectivity index (χ1v) is 7.37. The van der Waals surface area contributed by atoms with Crippen LogP contribution in [0.2, 0.25) is 5.02 Å². The van der Waals surface area contributed by atoms with Crippen LogP contribution in [0.5, 0.6) is 0 Å². The molecule has 0 aliphatic heterocycles. The highest BCUT2D eigenvalue weighted by molar-refractivity contribution is 14.0. The molecule has 7 heteroatoms. The summed E-state index contributed by atoms with van der Waals surface area (Å²) in [6.45, 7) is 3.62. The van der Waals surface area contributed by atoms with Gasteiger partial charge in [-0.2, -0.15) is 0 Å². The van der Waals surface area contributed by atoms with Crippen molar-refractivity contribution >= 4 is 47.4 Å². The number of halogens is 2. The molecule has 124 valence electrons. The molecule has 0 spiro atoms. The number of aliphatic imine (C=N–C) groups is 1. The molecule has 0 aromatic heterocycles. The van der Waals surface area contributed by atoms with Crippen LogP contribution >= 0.6 is 35.6 Å². The van der Waals surface area contributed by atoms with E-state index in [0.29, 0.717) is 5.96 Å². The minimum absolute atomic E-state index is 0. The number of carbonyl (C=O) groups excluding carboxylic acids is 1. The van der Waals surface area contributed by atoms with Gasteiger partial charge in [-0.15, -0.1) is 24.0 Å². The lowest BCUT2D eigenvalue weighted by atomic mass is 10.1. The lowest BCUT2D eigenvalue weighted by Crippen LogP contribution is -2.39. The predicted molar refractivity (Wildman–Crippen MR) is 103 cm³/mol. The van der Waals surface area contributed by atoms with Crippen molar-refractivity contribution in [2.45, 2.75) is 13.3 Å². The predicted octanol–water partition coefficient (Wildman–Crippen LogP) is 2.14. The van der Waals surface area contributed by atoms with Gasteiger partial charge < -0.3 is 15.5 Å². The van der Waals surface area contributed by atoms with Gasteiger partial charge in [-0.05, 0) is 31.0 Å². The topological polar surface area (TPSA) is 56.7 Å². The molecule has 0 aliphatic carbocycles. The molecule has 22 heavy (non-hydrogen) atoms. The Balaban J connectivity index is 0.00000441. The van der Waals surface area contributed by atoms with E-state index in [1.807, 2.05) is 31.2 Å². The van der Waals surface area contributed by atoms with E-state index < -0.39 is 0 Å². The average molecular weight is 439 g/mol. The summed E-state index contributed by atoms with van der Waals surface area (Å²) < 4.78 is 0. The molecule has 0 saturated heterocycles. The molecule has 0 atom stereocenters. The molecular weight excluding hydrogens is 415 g/mol. The van der Waals surface area contributed by atoms with Crippen molar-refractivity contribution in [3.8, 4) is 0 Å². The van der Waals surface area contributed by atoms with Gasteiger partial charge in [0.05, 0.1) is 0 Å². The Bertz CT molecular complexity index is 477. The van der Waals surface area contributed by atoms with Crippen molar-refractivity contribution < 1.29 is 4.79 Å². The van der Waals surface area contributed by atoms with Crippen LogP contribution in [-0.4, -0.2) is 50.5 Å². The fourth-order valence-electron chi connectivity index (χ4n) is 1.61. The highest BCUT2D eigenvalue weighted by atomic mass is 127. The molecule has 1 aromatic rings. The summed E-state index contributed by atoms with van der Waals surface area (Å²) in [6, 6.07) is 7.77. The number of likely N-dealkylation sites (N-methyl/N-ethyl adjacent to an activating group) is 1. The standard InChI is InChI=1S/C15H23ClN4O.HI/c1-4-17-15(19-11-14(21)20(2)3)18-10-9-12-5-7-13(16)8-6-12;/h5-8H,4,9-11H2,1-3H3,(H2,17,18,19);1H. The van der Waals surface area contributed by atoms with E-state index in [-0.39, 0.29) is 36.4 Å². The fourth-order valence-corrected chi connectivity index (χ4v) is 1.73. The lowest BCUT2D eigenvalue weighted by molar-refractivity contribution is -0.127. The van der Waals surface area contributed by atoms with Crippen molar-refractivity contribution in [2.75, 3.05) is 33.7 Å². The summed E-state index contributed by atoms with van der Waals surface area (Å²) in [5.41, 5.74) is 1.20. The molecule has 0 heterocycles. The molecule has 0 unspecified atom stereocenters. The average Bonchev–Trinajstić information content (AvgIpc) is 2.46. The second kappa shape index (κ2) is 11.5. The lowest BCUT2D eigenvalue weighted by Gasteiger charge is -2.12. The van der Waals surface area contributed by atoms with Crippen LogP contribution in [0.4, 0.5) is 0 Å². The maximum absolute atomic E-state index is 11.5. The third-order valence-electron chi connectivity index (χ3n) is 2.83. The zero-order valence-corrected chi connectivity index (χ0v) is 16.3. The summed E-state index contributed by atoms with van der Waals surface area (Å²) in [5.74, 6) is 0.631. The van der Waals surface area contributed by atoms with Gasteiger partial charge in [0, 0.05) is 32.2 Å². The van der Waals surface area contributed by atoms with Gasteiger partial charge in [0.1, 0.15) is 6.54 Å². The SMILES string of the molecule is CCNC(=NCC(=O)N(C)C)NCCc1ccc(Cl)cc1.I. The van der Waals surface area contributed by atoms with Crippen molar-refractivity contribution in [1.82, 2.24) is 15.5 Å². The highest BCUT2D eigenvalue weighted by Gasteiger charge is 2.03. The molecular formula is C15H24ClIN4O. The molecule has 0 aliphatic rings. The highest BCUT2D eigenvalue weighted by Crippen LogP contribution is 2.09. The number of nitrogens with one attached hydrogen (secondary N) is 2. The second-order valence-electron chi connectivity index (χ2n) is 4.79.